The number of carbonyl (C=O) groups is 1. The Bertz CT molecular complexity index is 439. The topological polar surface area (TPSA) is 65.8 Å². The van der Waals surface area contributed by atoms with E-state index in [1.165, 1.54) is 12.2 Å². The second-order valence-corrected chi connectivity index (χ2v) is 2.72. The molecule has 0 bridgehead atoms. The van der Waals surface area contributed by atoms with E-state index in [9.17, 15) is 4.79 Å². The van der Waals surface area contributed by atoms with Gasteiger partial charge in [-0.15, -0.1) is 0 Å². The van der Waals surface area contributed by atoms with Crippen molar-refractivity contribution in [3.8, 4) is 0 Å². The Morgan fingerprint density at radius 3 is 2.60 bits per heavy atom. The van der Waals surface area contributed by atoms with Gasteiger partial charge < -0.3 is 0 Å². The van der Waals surface area contributed by atoms with Crippen LogP contribution < -0.4 is 0 Å². The molecule has 1 aromatic rings. The molecule has 0 amide bonds. The number of benzene rings is 1. The highest BCUT2D eigenvalue weighted by molar-refractivity contribution is 6.01. The third-order valence-corrected chi connectivity index (χ3v) is 1.69. The quantitative estimate of drug-likeness (QED) is 0.317. The smallest absolute Gasteiger partial charge is 0.178 e. The summed E-state index contributed by atoms with van der Waals surface area (Å²) in [5.74, 6) is -0.144. The molecule has 0 aliphatic heterocycles. The predicted molar refractivity (Wildman–Crippen MR) is 59.5 cm³/mol. The Hall–Kier alpha value is -2.32. The molecule has 0 aliphatic rings. The molecule has 0 unspecified atom stereocenters. The molecule has 15 heavy (non-hydrogen) atoms. The van der Waals surface area contributed by atoms with E-state index in [1.807, 2.05) is 0 Å². The molecule has 4 nitrogen and oxygen atoms in total. The van der Waals surface area contributed by atoms with Crippen LogP contribution in [0.15, 0.2) is 48.1 Å². The van der Waals surface area contributed by atoms with E-state index >= 15 is 0 Å². The van der Waals surface area contributed by atoms with Crippen LogP contribution in [0.4, 0.5) is 5.69 Å². The molecule has 74 valence electrons. The summed E-state index contributed by atoms with van der Waals surface area (Å²) in [4.78, 5) is 13.5. The van der Waals surface area contributed by atoms with E-state index in [2.05, 4.69) is 16.6 Å². The van der Waals surface area contributed by atoms with E-state index in [0.717, 1.165) is 5.56 Å². The van der Waals surface area contributed by atoms with E-state index in [0.29, 0.717) is 5.69 Å². The number of hydrogen-bond donors (Lipinski definition) is 0. The van der Waals surface area contributed by atoms with Crippen molar-refractivity contribution in [1.82, 2.24) is 0 Å². The lowest BCUT2D eigenvalue weighted by molar-refractivity contribution is -0.110. The minimum Gasteiger partial charge on any atom is -0.290 e. The van der Waals surface area contributed by atoms with Crippen LogP contribution in [-0.4, -0.2) is 5.78 Å². The average Bonchev–Trinajstić information content (AvgIpc) is 2.28. The number of allylic oxidation sites excluding steroid dienone is 2. The highest BCUT2D eigenvalue weighted by Gasteiger charge is 1.90. The van der Waals surface area contributed by atoms with Gasteiger partial charge in [0.15, 0.2) is 5.78 Å². The molecule has 0 radical (unpaired) electrons. The van der Waals surface area contributed by atoms with Crippen molar-refractivity contribution in [3.63, 3.8) is 0 Å². The zero-order valence-corrected chi connectivity index (χ0v) is 8.00. The Morgan fingerprint density at radius 2 is 2.07 bits per heavy atom. The number of carbonyl (C=O) groups excluding carboxylic acids is 1. The highest BCUT2D eigenvalue weighted by atomic mass is 16.1. The first-order valence-electron chi connectivity index (χ1n) is 4.26. The molecule has 1 rings (SSSR count). The fraction of sp³-hybridized carbons (Fsp3) is 0. The maximum absolute atomic E-state index is 10.9. The molecule has 0 heterocycles. The number of azide groups is 1. The fourth-order valence-corrected chi connectivity index (χ4v) is 0.950. The van der Waals surface area contributed by atoms with Crippen molar-refractivity contribution in [3.05, 3.63) is 59.0 Å². The summed E-state index contributed by atoms with van der Waals surface area (Å²) in [5, 5.41) is 3.43. The molecule has 0 aliphatic carbocycles. The summed E-state index contributed by atoms with van der Waals surface area (Å²) >= 11 is 0. The lowest BCUT2D eigenvalue weighted by Gasteiger charge is -1.93. The number of hydrogen-bond acceptors (Lipinski definition) is 2. The van der Waals surface area contributed by atoms with Gasteiger partial charge in [0.2, 0.25) is 0 Å². The van der Waals surface area contributed by atoms with E-state index in [4.69, 9.17) is 5.53 Å². The second-order valence-electron chi connectivity index (χ2n) is 2.72. The van der Waals surface area contributed by atoms with E-state index in [1.54, 1.807) is 30.3 Å². The van der Waals surface area contributed by atoms with Gasteiger partial charge in [0.25, 0.3) is 0 Å². The summed E-state index contributed by atoms with van der Waals surface area (Å²) in [5.41, 5.74) is 9.59. The molecule has 0 aromatic heterocycles. The number of nitrogens with zero attached hydrogens (tertiary/aromatic N) is 3. The number of ketones is 1. The van der Waals surface area contributed by atoms with Gasteiger partial charge in [-0.2, -0.15) is 0 Å². The molecule has 0 fully saturated rings. The largest absolute Gasteiger partial charge is 0.290 e. The Morgan fingerprint density at radius 1 is 1.40 bits per heavy atom. The number of rotatable bonds is 4. The minimum atomic E-state index is -0.144. The molecule has 4 heteroatoms. The summed E-state index contributed by atoms with van der Waals surface area (Å²) in [6.07, 6.45) is 4.34. The van der Waals surface area contributed by atoms with Crippen LogP contribution in [0, 0.1) is 0 Å². The van der Waals surface area contributed by atoms with E-state index < -0.39 is 0 Å². The molecule has 0 saturated carbocycles. The van der Waals surface area contributed by atoms with Gasteiger partial charge in [0, 0.05) is 10.6 Å². The standard InChI is InChI=1S/C11H9N3O/c1-2-11(15)8-5-9-3-6-10(7-4-9)13-14-12/h2-8H,1H2. The Labute approximate surface area is 87.2 Å². The molecule has 0 N–H and O–H groups in total. The predicted octanol–water partition coefficient (Wildman–Crippen LogP) is 3.40. The highest BCUT2D eigenvalue weighted by Crippen LogP contribution is 2.13. The van der Waals surface area contributed by atoms with Gasteiger partial charge in [-0.3, -0.25) is 4.79 Å². The van der Waals surface area contributed by atoms with Crippen molar-refractivity contribution in [2.45, 2.75) is 0 Å². The second kappa shape index (κ2) is 5.42. The molecular weight excluding hydrogens is 190 g/mol. The summed E-state index contributed by atoms with van der Waals surface area (Å²) in [6, 6.07) is 6.88. The van der Waals surface area contributed by atoms with Crippen LogP contribution in [0.2, 0.25) is 0 Å². The maximum atomic E-state index is 10.9. The molecular formula is C11H9N3O. The zero-order chi connectivity index (χ0) is 11.1. The van der Waals surface area contributed by atoms with Crippen LogP contribution in [0.3, 0.4) is 0 Å². The van der Waals surface area contributed by atoms with Crippen molar-refractivity contribution in [2.75, 3.05) is 0 Å². The molecule has 0 saturated heterocycles. The maximum Gasteiger partial charge on any atom is 0.178 e. The summed E-state index contributed by atoms with van der Waals surface area (Å²) < 4.78 is 0. The van der Waals surface area contributed by atoms with Gasteiger partial charge in [-0.05, 0) is 23.2 Å². The zero-order valence-electron chi connectivity index (χ0n) is 8.00. The van der Waals surface area contributed by atoms with Crippen LogP contribution in [0.1, 0.15) is 5.56 Å². The summed E-state index contributed by atoms with van der Waals surface area (Å²) in [7, 11) is 0. The minimum absolute atomic E-state index is 0.144. The van der Waals surface area contributed by atoms with Crippen molar-refractivity contribution >= 4 is 17.5 Å². The van der Waals surface area contributed by atoms with Crippen molar-refractivity contribution in [2.24, 2.45) is 5.11 Å². The monoisotopic (exact) mass is 199 g/mol. The first-order chi connectivity index (χ1) is 7.26. The van der Waals surface area contributed by atoms with Crippen LogP contribution in [0.5, 0.6) is 0 Å². The van der Waals surface area contributed by atoms with Crippen LogP contribution in [-0.2, 0) is 4.79 Å². The van der Waals surface area contributed by atoms with Gasteiger partial charge in [-0.1, -0.05) is 42.0 Å². The first kappa shape index (κ1) is 10.8. The molecule has 1 aromatic carbocycles. The Balaban J connectivity index is 2.80. The summed E-state index contributed by atoms with van der Waals surface area (Å²) in [6.45, 7) is 3.36. The SMILES string of the molecule is C=CC(=O)C=Cc1ccc(N=[N+]=[N-])cc1. The normalized spacial score (nSPS) is 9.60. The Kier molecular flexibility index (Phi) is 3.89. The van der Waals surface area contributed by atoms with Crippen LogP contribution >= 0.6 is 0 Å². The molecule has 0 atom stereocenters. The third kappa shape index (κ3) is 3.50. The lowest BCUT2D eigenvalue weighted by Crippen LogP contribution is -1.82. The molecule has 0 spiro atoms. The van der Waals surface area contributed by atoms with Gasteiger partial charge in [-0.25, -0.2) is 0 Å². The van der Waals surface area contributed by atoms with Gasteiger partial charge in [0.05, 0.1) is 0 Å². The fourth-order valence-electron chi connectivity index (χ4n) is 0.950. The van der Waals surface area contributed by atoms with Gasteiger partial charge in [0.1, 0.15) is 0 Å². The average molecular weight is 199 g/mol. The first-order valence-corrected chi connectivity index (χ1v) is 4.26. The third-order valence-electron chi connectivity index (χ3n) is 1.69. The van der Waals surface area contributed by atoms with E-state index in [-0.39, 0.29) is 5.78 Å². The van der Waals surface area contributed by atoms with Crippen LogP contribution in [0.25, 0.3) is 16.5 Å². The van der Waals surface area contributed by atoms with Crippen molar-refractivity contribution < 1.29 is 4.79 Å². The lowest BCUT2D eigenvalue weighted by atomic mass is 10.2. The van der Waals surface area contributed by atoms with Crippen molar-refractivity contribution in [1.29, 1.82) is 0 Å². The van der Waals surface area contributed by atoms with Gasteiger partial charge >= 0.3 is 0 Å².